The minimum absolute atomic E-state index is 0.0836. The molecule has 47 heavy (non-hydrogen) atoms. The van der Waals surface area contributed by atoms with Crippen LogP contribution in [0.15, 0.2) is 91.0 Å². The van der Waals surface area contributed by atoms with E-state index >= 15 is 0 Å². The van der Waals surface area contributed by atoms with Crippen LogP contribution in [0.4, 0.5) is 0 Å². The lowest BCUT2D eigenvalue weighted by Gasteiger charge is -2.46. The number of aliphatic hydroxyl groups excluding tert-OH is 5. The summed E-state index contributed by atoms with van der Waals surface area (Å²) in [5, 5.41) is 52.3. The molecule has 2 saturated heterocycles. The van der Waals surface area contributed by atoms with Gasteiger partial charge >= 0.3 is 17.9 Å². The maximum atomic E-state index is 13.4. The van der Waals surface area contributed by atoms with Gasteiger partial charge in [-0.1, -0.05) is 54.6 Å². The van der Waals surface area contributed by atoms with Crippen molar-refractivity contribution < 1.29 is 68.3 Å². The van der Waals surface area contributed by atoms with Crippen molar-refractivity contribution in [2.75, 3.05) is 13.2 Å². The van der Waals surface area contributed by atoms with E-state index in [0.29, 0.717) is 0 Å². The summed E-state index contributed by atoms with van der Waals surface area (Å²) in [5.41, 5.74) is 0.371. The van der Waals surface area contributed by atoms with Gasteiger partial charge in [-0.05, 0) is 36.4 Å². The Morgan fingerprint density at radius 1 is 0.574 bits per heavy atom. The fourth-order valence-corrected chi connectivity index (χ4v) is 5.14. The number of ether oxygens (including phenoxy) is 6. The average molecular weight is 655 g/mol. The van der Waals surface area contributed by atoms with E-state index in [1.54, 1.807) is 54.6 Å². The highest BCUT2D eigenvalue weighted by Crippen LogP contribution is 2.33. The van der Waals surface area contributed by atoms with E-state index < -0.39 is 92.5 Å². The SMILES string of the molecule is O=C(OC[C@H]1O[C@H](O)[C@@H](OC(=O)c2ccccc2)[C@@H](OC(=O)c2ccccc2)[C@@H]1O[C@@H]1O[C@H](CO)[C@H](O)[C@H](O)[C@H]1O)c1ccccc1. The molecule has 0 unspecified atom stereocenters. The van der Waals surface area contributed by atoms with Gasteiger partial charge in [-0.15, -0.1) is 0 Å². The Morgan fingerprint density at radius 3 is 1.57 bits per heavy atom. The van der Waals surface area contributed by atoms with Gasteiger partial charge < -0.3 is 54.0 Å². The fourth-order valence-electron chi connectivity index (χ4n) is 5.14. The molecule has 3 aromatic carbocycles. The number of esters is 3. The Balaban J connectivity index is 1.49. The van der Waals surface area contributed by atoms with Crippen molar-refractivity contribution in [3.8, 4) is 0 Å². The summed E-state index contributed by atoms with van der Waals surface area (Å²) < 4.78 is 34.1. The van der Waals surface area contributed by atoms with Gasteiger partial charge in [0, 0.05) is 0 Å². The maximum Gasteiger partial charge on any atom is 0.338 e. The van der Waals surface area contributed by atoms with Gasteiger partial charge in [-0.2, -0.15) is 0 Å². The third-order valence-electron chi connectivity index (χ3n) is 7.64. The van der Waals surface area contributed by atoms with Crippen LogP contribution in [-0.4, -0.2) is 118 Å². The molecular weight excluding hydrogens is 620 g/mol. The lowest BCUT2D eigenvalue weighted by molar-refractivity contribution is -0.353. The molecule has 0 radical (unpaired) electrons. The fraction of sp³-hybridized carbons (Fsp3) is 0.364. The molecule has 2 fully saturated rings. The third kappa shape index (κ3) is 8.01. The molecule has 10 atom stereocenters. The lowest BCUT2D eigenvalue weighted by atomic mass is 9.96. The standard InChI is InChI=1S/C33H34O14/c34-16-21-23(35)24(36)25(37)33(44-21)47-26-22(17-42-29(38)18-10-4-1-5-11-18)43-32(41)28(46-31(40)20-14-8-3-9-15-20)27(26)45-30(39)19-12-6-2-7-13-19/h1-15,21-28,32-37,41H,16-17H2/t21-,22-,23+,24+,25-,26-,27+,28+,32+,33+/m1/s1. The highest BCUT2D eigenvalue weighted by Gasteiger charge is 2.54. The molecule has 0 amide bonds. The molecule has 2 aliphatic rings. The van der Waals surface area contributed by atoms with Crippen LogP contribution >= 0.6 is 0 Å². The molecule has 5 rings (SSSR count). The number of hydrogen-bond donors (Lipinski definition) is 5. The Hall–Kier alpha value is -4.25. The Bertz CT molecular complexity index is 1470. The Labute approximate surface area is 268 Å². The van der Waals surface area contributed by atoms with Gasteiger partial charge in [-0.3, -0.25) is 0 Å². The quantitative estimate of drug-likeness (QED) is 0.146. The van der Waals surface area contributed by atoms with E-state index in [-0.39, 0.29) is 16.7 Å². The van der Waals surface area contributed by atoms with Crippen LogP contribution in [0.2, 0.25) is 0 Å². The van der Waals surface area contributed by atoms with Gasteiger partial charge in [0.25, 0.3) is 0 Å². The highest BCUT2D eigenvalue weighted by molar-refractivity contribution is 5.90. The molecule has 0 aromatic heterocycles. The molecule has 3 aromatic rings. The summed E-state index contributed by atoms with van der Waals surface area (Å²) in [6, 6.07) is 23.4. The van der Waals surface area contributed by atoms with E-state index in [1.807, 2.05) is 0 Å². The average Bonchev–Trinajstić information content (AvgIpc) is 3.10. The van der Waals surface area contributed by atoms with Crippen molar-refractivity contribution >= 4 is 17.9 Å². The second-order valence-corrected chi connectivity index (χ2v) is 10.8. The molecule has 14 nitrogen and oxygen atoms in total. The highest BCUT2D eigenvalue weighted by atomic mass is 16.7. The number of rotatable bonds is 10. The summed E-state index contributed by atoms with van der Waals surface area (Å²) >= 11 is 0. The first-order chi connectivity index (χ1) is 22.7. The van der Waals surface area contributed by atoms with E-state index in [4.69, 9.17) is 28.4 Å². The van der Waals surface area contributed by atoms with Crippen LogP contribution in [0, 0.1) is 0 Å². The lowest BCUT2D eigenvalue weighted by Crippen LogP contribution is -2.65. The largest absolute Gasteiger partial charge is 0.459 e. The Morgan fingerprint density at radius 2 is 1.06 bits per heavy atom. The van der Waals surface area contributed by atoms with Crippen LogP contribution in [-0.2, 0) is 28.4 Å². The van der Waals surface area contributed by atoms with Gasteiger partial charge in [0.2, 0.25) is 0 Å². The van der Waals surface area contributed by atoms with E-state index in [1.165, 1.54) is 36.4 Å². The predicted octanol–water partition coefficient (Wildman–Crippen LogP) is 0.197. The predicted molar refractivity (Wildman–Crippen MR) is 158 cm³/mol. The number of aliphatic hydroxyl groups is 5. The van der Waals surface area contributed by atoms with Crippen LogP contribution < -0.4 is 0 Å². The van der Waals surface area contributed by atoms with Crippen molar-refractivity contribution in [2.24, 2.45) is 0 Å². The zero-order valence-corrected chi connectivity index (χ0v) is 24.8. The first-order valence-electron chi connectivity index (χ1n) is 14.7. The van der Waals surface area contributed by atoms with Gasteiger partial charge in [0.15, 0.2) is 24.8 Å². The van der Waals surface area contributed by atoms with Crippen molar-refractivity contribution in [1.82, 2.24) is 0 Å². The summed E-state index contributed by atoms with van der Waals surface area (Å²) in [5.74, 6) is -2.61. The first-order valence-corrected chi connectivity index (χ1v) is 14.7. The number of carbonyl (C=O) groups excluding carboxylic acids is 3. The van der Waals surface area contributed by atoms with E-state index in [0.717, 1.165) is 0 Å². The molecule has 14 heteroatoms. The van der Waals surface area contributed by atoms with Gasteiger partial charge in [-0.25, -0.2) is 14.4 Å². The molecule has 2 aliphatic heterocycles. The van der Waals surface area contributed by atoms with Crippen LogP contribution in [0.25, 0.3) is 0 Å². The zero-order chi connectivity index (χ0) is 33.5. The first kappa shape index (κ1) is 34.1. The maximum absolute atomic E-state index is 13.4. The van der Waals surface area contributed by atoms with Crippen LogP contribution in [0.3, 0.4) is 0 Å². The second-order valence-electron chi connectivity index (χ2n) is 10.8. The minimum Gasteiger partial charge on any atom is -0.459 e. The normalized spacial score (nSPS) is 30.6. The molecule has 2 heterocycles. The smallest absolute Gasteiger partial charge is 0.338 e. The van der Waals surface area contributed by atoms with Gasteiger partial charge in [0.05, 0.1) is 23.3 Å². The van der Waals surface area contributed by atoms with E-state index in [2.05, 4.69) is 0 Å². The Kier molecular flexibility index (Phi) is 11.3. The van der Waals surface area contributed by atoms with Crippen molar-refractivity contribution in [2.45, 2.75) is 61.4 Å². The minimum atomic E-state index is -1.95. The molecule has 0 spiro atoms. The number of benzene rings is 3. The third-order valence-corrected chi connectivity index (χ3v) is 7.64. The monoisotopic (exact) mass is 654 g/mol. The molecular formula is C33H34O14. The number of carbonyl (C=O) groups is 3. The summed E-state index contributed by atoms with van der Waals surface area (Å²) in [6.07, 6.45) is -17.1. The van der Waals surface area contributed by atoms with Crippen molar-refractivity contribution in [1.29, 1.82) is 0 Å². The van der Waals surface area contributed by atoms with Crippen molar-refractivity contribution in [3.05, 3.63) is 108 Å². The molecule has 250 valence electrons. The summed E-state index contributed by atoms with van der Waals surface area (Å²) in [4.78, 5) is 39.3. The topological polar surface area (TPSA) is 208 Å². The van der Waals surface area contributed by atoms with Crippen molar-refractivity contribution in [3.63, 3.8) is 0 Å². The van der Waals surface area contributed by atoms with Crippen LogP contribution in [0.5, 0.6) is 0 Å². The summed E-state index contributed by atoms with van der Waals surface area (Å²) in [7, 11) is 0. The van der Waals surface area contributed by atoms with E-state index in [9.17, 15) is 39.9 Å². The second kappa shape index (κ2) is 15.6. The zero-order valence-electron chi connectivity index (χ0n) is 24.8. The van der Waals surface area contributed by atoms with Gasteiger partial charge in [0.1, 0.15) is 43.2 Å². The molecule has 0 saturated carbocycles. The summed E-state index contributed by atoms with van der Waals surface area (Å²) in [6.45, 7) is -1.38. The van der Waals surface area contributed by atoms with Crippen LogP contribution in [0.1, 0.15) is 31.1 Å². The molecule has 5 N–H and O–H groups in total. The molecule has 0 aliphatic carbocycles. The molecule has 0 bridgehead atoms. The number of hydrogen-bond acceptors (Lipinski definition) is 14.